The van der Waals surface area contributed by atoms with Gasteiger partial charge in [-0.1, -0.05) is 6.07 Å². The number of alkyl halides is 1. The molecule has 0 unspecified atom stereocenters. The molecule has 0 radical (unpaired) electrons. The number of hydrogen-bond donors (Lipinski definition) is 1. The van der Waals surface area contributed by atoms with Crippen LogP contribution in [0.3, 0.4) is 0 Å². The molecule has 1 N–H and O–H groups in total. The second-order valence-corrected chi connectivity index (χ2v) is 4.70. The summed E-state index contributed by atoms with van der Waals surface area (Å²) in [4.78, 5) is 11.7. The summed E-state index contributed by atoms with van der Waals surface area (Å²) < 4.78 is 13.2. The summed E-state index contributed by atoms with van der Waals surface area (Å²) in [6.45, 7) is 5.27. The second kappa shape index (κ2) is 4.83. The highest BCUT2D eigenvalue weighted by Crippen LogP contribution is 2.11. The van der Waals surface area contributed by atoms with Crippen LogP contribution in [0.5, 0.6) is 0 Å². The van der Waals surface area contributed by atoms with Crippen LogP contribution in [0.4, 0.5) is 4.39 Å². The van der Waals surface area contributed by atoms with Crippen LogP contribution in [0.2, 0.25) is 0 Å². The van der Waals surface area contributed by atoms with Crippen LogP contribution in [0.25, 0.3) is 0 Å². The first kappa shape index (κ1) is 13.0. The Kier molecular flexibility index (Phi) is 3.92. The Morgan fingerprint density at radius 1 is 1.50 bits per heavy atom. The minimum Gasteiger partial charge on any atom is -0.346 e. The average molecular weight is 244 g/mol. The summed E-state index contributed by atoms with van der Waals surface area (Å²) in [7, 11) is 0. The van der Waals surface area contributed by atoms with E-state index in [0.29, 0.717) is 17.0 Å². The third-order valence-corrected chi connectivity index (χ3v) is 2.89. The van der Waals surface area contributed by atoms with E-state index in [0.717, 1.165) is 0 Å². The van der Waals surface area contributed by atoms with E-state index < -0.39 is 5.54 Å². The van der Waals surface area contributed by atoms with Gasteiger partial charge in [-0.15, -0.1) is 11.6 Å². The van der Waals surface area contributed by atoms with Crippen molar-refractivity contribution in [2.24, 2.45) is 0 Å². The highest BCUT2D eigenvalue weighted by molar-refractivity contribution is 6.18. The molecule has 0 heterocycles. The molecule has 0 atom stereocenters. The molecule has 2 nitrogen and oxygen atoms in total. The molecular formula is C12H15ClFNO. The van der Waals surface area contributed by atoms with Crippen molar-refractivity contribution >= 4 is 17.5 Å². The molecule has 88 valence electrons. The molecule has 0 spiro atoms. The molecule has 0 aromatic heterocycles. The first-order valence-corrected chi connectivity index (χ1v) is 5.54. The lowest BCUT2D eigenvalue weighted by Crippen LogP contribution is -2.44. The third kappa shape index (κ3) is 3.20. The summed E-state index contributed by atoms with van der Waals surface area (Å²) in [5.41, 5.74) is 0.328. The fourth-order valence-electron chi connectivity index (χ4n) is 1.15. The lowest BCUT2D eigenvalue weighted by Gasteiger charge is -2.23. The van der Waals surface area contributed by atoms with E-state index in [4.69, 9.17) is 11.6 Å². The standard InChI is InChI=1S/C12H15ClFNO/c1-8-4-5-9(6-10(8)14)11(16)15-12(2,3)7-13/h4-6H,7H2,1-3H3,(H,15,16). The van der Waals surface area contributed by atoms with Crippen LogP contribution in [-0.2, 0) is 0 Å². The predicted octanol–water partition coefficient (Wildman–Crippen LogP) is 2.88. The molecule has 1 rings (SSSR count). The van der Waals surface area contributed by atoms with E-state index in [1.165, 1.54) is 6.07 Å². The zero-order valence-corrected chi connectivity index (χ0v) is 10.4. The molecule has 0 bridgehead atoms. The summed E-state index contributed by atoms with van der Waals surface area (Å²) in [6, 6.07) is 4.41. The van der Waals surface area contributed by atoms with Crippen molar-refractivity contribution in [3.63, 3.8) is 0 Å². The summed E-state index contributed by atoms with van der Waals surface area (Å²) in [5.74, 6) is -0.395. The Bertz CT molecular complexity index is 404. The number of aryl methyl sites for hydroxylation is 1. The number of amides is 1. The van der Waals surface area contributed by atoms with Gasteiger partial charge in [-0.25, -0.2) is 4.39 Å². The highest BCUT2D eigenvalue weighted by atomic mass is 35.5. The Balaban J connectivity index is 2.85. The Morgan fingerprint density at radius 3 is 2.62 bits per heavy atom. The van der Waals surface area contributed by atoms with Gasteiger partial charge in [0.15, 0.2) is 0 Å². The number of benzene rings is 1. The number of hydrogen-bond acceptors (Lipinski definition) is 1. The number of rotatable bonds is 3. The SMILES string of the molecule is Cc1ccc(C(=O)NC(C)(C)CCl)cc1F. The normalized spacial score (nSPS) is 11.3. The first-order chi connectivity index (χ1) is 7.35. The second-order valence-electron chi connectivity index (χ2n) is 4.44. The van der Waals surface area contributed by atoms with Gasteiger partial charge in [-0.05, 0) is 38.5 Å². The van der Waals surface area contributed by atoms with E-state index in [1.807, 2.05) is 13.8 Å². The minimum atomic E-state index is -0.500. The summed E-state index contributed by atoms with van der Waals surface area (Å²) >= 11 is 5.69. The maximum Gasteiger partial charge on any atom is 0.251 e. The van der Waals surface area contributed by atoms with Crippen LogP contribution in [0.1, 0.15) is 29.8 Å². The minimum absolute atomic E-state index is 0.299. The van der Waals surface area contributed by atoms with Crippen molar-refractivity contribution in [3.8, 4) is 0 Å². The third-order valence-electron chi connectivity index (χ3n) is 2.22. The van der Waals surface area contributed by atoms with Gasteiger partial charge in [0.1, 0.15) is 5.82 Å². The topological polar surface area (TPSA) is 29.1 Å². The van der Waals surface area contributed by atoms with Gasteiger partial charge < -0.3 is 5.32 Å². The summed E-state index contributed by atoms with van der Waals surface area (Å²) in [5, 5.41) is 2.73. The number of nitrogens with one attached hydrogen (secondary N) is 1. The van der Waals surface area contributed by atoms with Crippen LogP contribution < -0.4 is 5.32 Å². The maximum atomic E-state index is 13.2. The van der Waals surface area contributed by atoms with Crippen LogP contribution >= 0.6 is 11.6 Å². The number of halogens is 2. The van der Waals surface area contributed by atoms with Gasteiger partial charge in [-0.2, -0.15) is 0 Å². The first-order valence-electron chi connectivity index (χ1n) is 5.00. The van der Waals surface area contributed by atoms with Crippen LogP contribution in [-0.4, -0.2) is 17.3 Å². The van der Waals surface area contributed by atoms with E-state index >= 15 is 0 Å². The largest absolute Gasteiger partial charge is 0.346 e. The molecule has 1 aromatic rings. The van der Waals surface area contributed by atoms with Crippen molar-refractivity contribution in [1.82, 2.24) is 5.32 Å². The molecule has 0 aliphatic heterocycles. The van der Waals surface area contributed by atoms with Gasteiger partial charge in [0.25, 0.3) is 5.91 Å². The molecule has 16 heavy (non-hydrogen) atoms. The van der Waals surface area contributed by atoms with Gasteiger partial charge in [0.2, 0.25) is 0 Å². The Morgan fingerprint density at radius 2 is 2.12 bits per heavy atom. The summed E-state index contributed by atoms with van der Waals surface area (Å²) in [6.07, 6.45) is 0. The molecule has 0 aliphatic rings. The molecule has 4 heteroatoms. The van der Waals surface area contributed by atoms with Crippen molar-refractivity contribution in [2.75, 3.05) is 5.88 Å². The zero-order chi connectivity index (χ0) is 12.3. The van der Waals surface area contributed by atoms with Crippen molar-refractivity contribution in [2.45, 2.75) is 26.3 Å². The van der Waals surface area contributed by atoms with Gasteiger partial charge in [0, 0.05) is 17.0 Å². The van der Waals surface area contributed by atoms with E-state index in [2.05, 4.69) is 5.32 Å². The zero-order valence-electron chi connectivity index (χ0n) is 9.60. The van der Waals surface area contributed by atoms with Gasteiger partial charge >= 0.3 is 0 Å². The molecule has 0 saturated heterocycles. The molecular weight excluding hydrogens is 229 g/mol. The fraction of sp³-hybridized carbons (Fsp3) is 0.417. The Hall–Kier alpha value is -1.09. The van der Waals surface area contributed by atoms with E-state index in [-0.39, 0.29) is 11.7 Å². The lowest BCUT2D eigenvalue weighted by atomic mass is 10.1. The molecule has 1 aromatic carbocycles. The van der Waals surface area contributed by atoms with E-state index in [1.54, 1.807) is 19.1 Å². The van der Waals surface area contributed by atoms with Crippen molar-refractivity contribution < 1.29 is 9.18 Å². The Labute approximate surface area is 99.8 Å². The van der Waals surface area contributed by atoms with Crippen LogP contribution in [0, 0.1) is 12.7 Å². The molecule has 1 amide bonds. The van der Waals surface area contributed by atoms with Gasteiger partial charge in [-0.3, -0.25) is 4.79 Å². The average Bonchev–Trinajstić information content (AvgIpc) is 2.21. The van der Waals surface area contributed by atoms with Crippen molar-refractivity contribution in [3.05, 3.63) is 35.1 Å². The van der Waals surface area contributed by atoms with Crippen molar-refractivity contribution in [1.29, 1.82) is 0 Å². The van der Waals surface area contributed by atoms with E-state index in [9.17, 15) is 9.18 Å². The monoisotopic (exact) mass is 243 g/mol. The quantitative estimate of drug-likeness (QED) is 0.813. The number of carbonyl (C=O) groups excluding carboxylic acids is 1. The smallest absolute Gasteiger partial charge is 0.251 e. The molecule has 0 fully saturated rings. The highest BCUT2D eigenvalue weighted by Gasteiger charge is 2.20. The lowest BCUT2D eigenvalue weighted by molar-refractivity contribution is 0.0920. The molecule has 0 aliphatic carbocycles. The predicted molar refractivity (Wildman–Crippen MR) is 63.4 cm³/mol. The van der Waals surface area contributed by atoms with Crippen LogP contribution in [0.15, 0.2) is 18.2 Å². The van der Waals surface area contributed by atoms with Gasteiger partial charge in [0.05, 0.1) is 0 Å². The number of carbonyl (C=O) groups is 1. The fourth-order valence-corrected chi connectivity index (χ4v) is 1.21. The maximum absolute atomic E-state index is 13.2. The molecule has 0 saturated carbocycles.